The van der Waals surface area contributed by atoms with Gasteiger partial charge in [-0.3, -0.25) is 0 Å². The molecule has 1 N–H and O–H groups in total. The quantitative estimate of drug-likeness (QED) is 0.720. The molecule has 0 bridgehead atoms. The number of benzene rings is 3. The van der Waals surface area contributed by atoms with Crippen molar-refractivity contribution >= 4 is 33.2 Å². The van der Waals surface area contributed by atoms with Crippen LogP contribution in [0.3, 0.4) is 0 Å². The molecule has 0 aromatic heterocycles. The second-order valence-corrected chi connectivity index (χ2v) is 7.97. The van der Waals surface area contributed by atoms with E-state index in [4.69, 9.17) is 0 Å². The van der Waals surface area contributed by atoms with Crippen molar-refractivity contribution < 1.29 is 8.42 Å². The van der Waals surface area contributed by atoms with Gasteiger partial charge in [-0.05, 0) is 36.8 Å². The van der Waals surface area contributed by atoms with Crippen LogP contribution in [-0.4, -0.2) is 14.3 Å². The number of aryl methyl sites for hydroxylation is 1. The molecule has 3 aromatic rings. The first-order valence-electron chi connectivity index (χ1n) is 8.58. The third-order valence-electron chi connectivity index (χ3n) is 4.37. The Kier molecular flexibility index (Phi) is 4.38. The SMILES string of the molecule is Cc1ccc(S(=O)(=O)/N=C2/Nc3ccccc3/C2=C\c2ccccc2)cc1. The number of rotatable bonds is 3. The Hall–Kier alpha value is -3.18. The van der Waals surface area contributed by atoms with E-state index in [9.17, 15) is 8.42 Å². The Morgan fingerprint density at radius 3 is 2.26 bits per heavy atom. The summed E-state index contributed by atoms with van der Waals surface area (Å²) in [6.07, 6.45) is 1.95. The molecule has 0 atom stereocenters. The van der Waals surface area contributed by atoms with Crippen molar-refractivity contribution in [2.45, 2.75) is 11.8 Å². The largest absolute Gasteiger partial charge is 0.339 e. The van der Waals surface area contributed by atoms with Crippen LogP contribution in [0.2, 0.25) is 0 Å². The van der Waals surface area contributed by atoms with Crippen molar-refractivity contribution in [3.63, 3.8) is 0 Å². The first-order valence-corrected chi connectivity index (χ1v) is 10.0. The third-order valence-corrected chi connectivity index (χ3v) is 5.66. The van der Waals surface area contributed by atoms with Crippen LogP contribution in [0.25, 0.3) is 11.6 Å². The average Bonchev–Trinajstić information content (AvgIpc) is 2.99. The zero-order chi connectivity index (χ0) is 18.9. The number of para-hydroxylation sites is 1. The molecular weight excluding hydrogens is 356 g/mol. The van der Waals surface area contributed by atoms with Gasteiger partial charge in [0.05, 0.1) is 4.90 Å². The fourth-order valence-corrected chi connectivity index (χ4v) is 3.94. The number of nitrogens with one attached hydrogen (secondary N) is 1. The van der Waals surface area contributed by atoms with Crippen molar-refractivity contribution in [2.75, 3.05) is 5.32 Å². The predicted molar refractivity (Wildman–Crippen MR) is 110 cm³/mol. The molecule has 5 heteroatoms. The van der Waals surface area contributed by atoms with E-state index in [2.05, 4.69) is 9.71 Å². The number of sulfonamides is 1. The number of hydrogen-bond acceptors (Lipinski definition) is 2. The molecule has 1 aliphatic rings. The van der Waals surface area contributed by atoms with Crippen molar-refractivity contribution in [3.8, 4) is 0 Å². The molecule has 1 aliphatic heterocycles. The van der Waals surface area contributed by atoms with Gasteiger partial charge in [0.1, 0.15) is 0 Å². The summed E-state index contributed by atoms with van der Waals surface area (Å²) in [5.74, 6) is 0.334. The van der Waals surface area contributed by atoms with Crippen molar-refractivity contribution in [1.82, 2.24) is 0 Å². The minimum Gasteiger partial charge on any atom is -0.339 e. The maximum atomic E-state index is 12.8. The molecular formula is C22H18N2O2S. The second kappa shape index (κ2) is 6.85. The zero-order valence-electron chi connectivity index (χ0n) is 14.8. The Labute approximate surface area is 159 Å². The lowest BCUT2D eigenvalue weighted by Gasteiger charge is -2.04. The van der Waals surface area contributed by atoms with Crippen LogP contribution < -0.4 is 5.32 Å². The topological polar surface area (TPSA) is 58.5 Å². The van der Waals surface area contributed by atoms with Crippen molar-refractivity contribution in [1.29, 1.82) is 0 Å². The molecule has 0 amide bonds. The molecule has 3 aromatic carbocycles. The minimum absolute atomic E-state index is 0.178. The highest BCUT2D eigenvalue weighted by atomic mass is 32.2. The minimum atomic E-state index is -3.82. The first kappa shape index (κ1) is 17.2. The third kappa shape index (κ3) is 3.55. The molecule has 0 fully saturated rings. The van der Waals surface area contributed by atoms with Crippen LogP contribution in [-0.2, 0) is 10.0 Å². The van der Waals surface area contributed by atoms with Crippen LogP contribution in [0.15, 0.2) is 88.2 Å². The lowest BCUT2D eigenvalue weighted by Crippen LogP contribution is -2.10. The fourth-order valence-electron chi connectivity index (χ4n) is 2.97. The highest BCUT2D eigenvalue weighted by Gasteiger charge is 2.25. The van der Waals surface area contributed by atoms with Gasteiger partial charge in [-0.1, -0.05) is 66.2 Å². The van der Waals surface area contributed by atoms with Gasteiger partial charge in [0.25, 0.3) is 10.0 Å². The summed E-state index contributed by atoms with van der Waals surface area (Å²) in [6, 6.07) is 24.2. The van der Waals surface area contributed by atoms with Gasteiger partial charge in [-0.25, -0.2) is 0 Å². The van der Waals surface area contributed by atoms with Gasteiger partial charge < -0.3 is 5.32 Å². The van der Waals surface area contributed by atoms with Gasteiger partial charge in [0.2, 0.25) is 0 Å². The molecule has 0 saturated heterocycles. The van der Waals surface area contributed by atoms with Crippen LogP contribution in [0.5, 0.6) is 0 Å². The Bertz CT molecular complexity index is 1150. The van der Waals surface area contributed by atoms with Crippen LogP contribution in [0.1, 0.15) is 16.7 Å². The maximum absolute atomic E-state index is 12.8. The Balaban J connectivity index is 1.83. The van der Waals surface area contributed by atoms with E-state index >= 15 is 0 Å². The number of hydrogen-bond donors (Lipinski definition) is 1. The van der Waals surface area contributed by atoms with E-state index in [1.165, 1.54) is 0 Å². The highest BCUT2D eigenvalue weighted by Crippen LogP contribution is 2.34. The number of nitrogens with zero attached hydrogens (tertiary/aromatic N) is 1. The number of fused-ring (bicyclic) bond motifs is 1. The van der Waals surface area contributed by atoms with Gasteiger partial charge in [-0.2, -0.15) is 8.42 Å². The molecule has 0 spiro atoms. The standard InChI is InChI=1S/C22H18N2O2S/c1-16-11-13-18(14-12-16)27(25,26)24-22-20(15-17-7-3-2-4-8-17)19-9-5-6-10-21(19)23-22/h2-15H,1H3,(H,23,24)/b20-15+. The Morgan fingerprint density at radius 1 is 0.852 bits per heavy atom. The molecule has 0 radical (unpaired) electrons. The highest BCUT2D eigenvalue weighted by molar-refractivity contribution is 7.90. The molecule has 27 heavy (non-hydrogen) atoms. The van der Waals surface area contributed by atoms with Crippen molar-refractivity contribution in [3.05, 3.63) is 95.6 Å². The smallest absolute Gasteiger partial charge is 0.284 e. The zero-order valence-corrected chi connectivity index (χ0v) is 15.6. The molecule has 0 unspecified atom stereocenters. The molecule has 4 rings (SSSR count). The van der Waals surface area contributed by atoms with Crippen LogP contribution in [0.4, 0.5) is 5.69 Å². The summed E-state index contributed by atoms with van der Waals surface area (Å²) >= 11 is 0. The molecule has 4 nitrogen and oxygen atoms in total. The van der Waals surface area contributed by atoms with Gasteiger partial charge in [0, 0.05) is 16.8 Å². The predicted octanol–water partition coefficient (Wildman–Crippen LogP) is 4.75. The van der Waals surface area contributed by atoms with E-state index in [1.807, 2.05) is 67.6 Å². The van der Waals surface area contributed by atoms with E-state index in [0.29, 0.717) is 5.84 Å². The Morgan fingerprint density at radius 2 is 1.52 bits per heavy atom. The van der Waals surface area contributed by atoms with E-state index in [-0.39, 0.29) is 4.90 Å². The summed E-state index contributed by atoms with van der Waals surface area (Å²) in [5.41, 5.74) is 4.51. The van der Waals surface area contributed by atoms with Crippen LogP contribution >= 0.6 is 0 Å². The lowest BCUT2D eigenvalue weighted by molar-refractivity contribution is 0.598. The van der Waals surface area contributed by atoms with Gasteiger partial charge in [0.15, 0.2) is 5.84 Å². The lowest BCUT2D eigenvalue weighted by atomic mass is 10.0. The monoisotopic (exact) mass is 374 g/mol. The molecule has 0 saturated carbocycles. The van der Waals surface area contributed by atoms with Crippen LogP contribution in [0, 0.1) is 6.92 Å². The summed E-state index contributed by atoms with van der Waals surface area (Å²) < 4.78 is 29.7. The fraction of sp³-hybridized carbons (Fsp3) is 0.0455. The summed E-state index contributed by atoms with van der Waals surface area (Å²) in [5, 5.41) is 3.14. The summed E-state index contributed by atoms with van der Waals surface area (Å²) in [6.45, 7) is 1.91. The maximum Gasteiger partial charge on any atom is 0.284 e. The molecule has 1 heterocycles. The summed E-state index contributed by atoms with van der Waals surface area (Å²) in [4.78, 5) is 0.178. The van der Waals surface area contributed by atoms with E-state index < -0.39 is 10.0 Å². The average molecular weight is 374 g/mol. The van der Waals surface area contributed by atoms with E-state index in [1.54, 1.807) is 24.3 Å². The molecule has 0 aliphatic carbocycles. The van der Waals surface area contributed by atoms with Gasteiger partial charge >= 0.3 is 0 Å². The second-order valence-electron chi connectivity index (χ2n) is 6.37. The first-order chi connectivity index (χ1) is 13.0. The van der Waals surface area contributed by atoms with E-state index in [0.717, 1.165) is 28.0 Å². The summed E-state index contributed by atoms with van der Waals surface area (Å²) in [7, 11) is -3.82. The van der Waals surface area contributed by atoms with Crippen molar-refractivity contribution in [2.24, 2.45) is 4.40 Å². The van der Waals surface area contributed by atoms with Gasteiger partial charge in [-0.15, -0.1) is 4.40 Å². The number of anilines is 1. The number of amidine groups is 1. The normalized spacial score (nSPS) is 16.3. The molecule has 134 valence electrons.